The topological polar surface area (TPSA) is 91.9 Å². The average molecular weight is 420 g/mol. The molecule has 0 fully saturated rings. The van der Waals surface area contributed by atoms with Crippen LogP contribution in [-0.4, -0.2) is 47.4 Å². The van der Waals surface area contributed by atoms with Gasteiger partial charge < -0.3 is 24.5 Å². The molecular weight excluding hydrogens is 396 g/mol. The number of Topliss-reactive ketones (excluding diaryl/α,β-unsaturated/α-hetero) is 1. The van der Waals surface area contributed by atoms with Gasteiger partial charge in [-0.2, -0.15) is 0 Å². The van der Waals surface area contributed by atoms with Gasteiger partial charge in [-0.1, -0.05) is 18.2 Å². The number of benzene rings is 2. The fraction of sp³-hybridized carbons (Fsp3) is 0.250. The number of carbonyl (C=O) groups is 2. The summed E-state index contributed by atoms with van der Waals surface area (Å²) >= 11 is 0. The van der Waals surface area contributed by atoms with E-state index in [1.54, 1.807) is 25.3 Å². The molecule has 0 bridgehead atoms. The number of aliphatic hydroxyl groups excluding tert-OH is 1. The lowest BCUT2D eigenvalue weighted by atomic mass is 9.95. The molecule has 160 valence electrons. The van der Waals surface area contributed by atoms with Crippen molar-refractivity contribution in [1.29, 1.82) is 0 Å². The fourth-order valence-corrected chi connectivity index (χ4v) is 4.20. The summed E-state index contributed by atoms with van der Waals surface area (Å²) in [7, 11) is 3.06. The van der Waals surface area contributed by atoms with Gasteiger partial charge in [0.25, 0.3) is 5.91 Å². The van der Waals surface area contributed by atoms with Crippen molar-refractivity contribution in [2.45, 2.75) is 19.4 Å². The van der Waals surface area contributed by atoms with E-state index in [-0.39, 0.29) is 11.4 Å². The highest BCUT2D eigenvalue weighted by atomic mass is 16.5. The van der Waals surface area contributed by atoms with Crippen LogP contribution < -0.4 is 9.47 Å². The van der Waals surface area contributed by atoms with E-state index in [4.69, 9.17) is 9.47 Å². The molecule has 1 amide bonds. The van der Waals surface area contributed by atoms with Crippen molar-refractivity contribution in [3.05, 3.63) is 71.1 Å². The molecule has 7 nitrogen and oxygen atoms in total. The molecule has 4 rings (SSSR count). The van der Waals surface area contributed by atoms with Crippen LogP contribution in [0.1, 0.15) is 24.1 Å². The highest BCUT2D eigenvalue weighted by molar-refractivity contribution is 6.08. The minimum absolute atomic E-state index is 0.0653. The fourth-order valence-electron chi connectivity index (χ4n) is 4.20. The quantitative estimate of drug-likeness (QED) is 0.608. The number of para-hydroxylation sites is 1. The Bertz CT molecular complexity index is 1190. The lowest BCUT2D eigenvalue weighted by Gasteiger charge is -2.28. The van der Waals surface area contributed by atoms with Crippen LogP contribution in [0.5, 0.6) is 11.5 Å². The molecule has 2 aromatic carbocycles. The molecule has 1 aliphatic heterocycles. The molecule has 31 heavy (non-hydrogen) atoms. The summed E-state index contributed by atoms with van der Waals surface area (Å²) in [5.41, 5.74) is 2.72. The van der Waals surface area contributed by atoms with E-state index >= 15 is 0 Å². The summed E-state index contributed by atoms with van der Waals surface area (Å²) in [6, 6.07) is 12.4. The van der Waals surface area contributed by atoms with E-state index < -0.39 is 17.7 Å². The molecule has 3 aromatic rings. The summed E-state index contributed by atoms with van der Waals surface area (Å²) in [5, 5.41) is 11.6. The van der Waals surface area contributed by atoms with Crippen LogP contribution in [0.3, 0.4) is 0 Å². The minimum Gasteiger partial charge on any atom is -0.503 e. The van der Waals surface area contributed by atoms with Crippen molar-refractivity contribution < 1.29 is 24.2 Å². The molecule has 0 saturated heterocycles. The van der Waals surface area contributed by atoms with Gasteiger partial charge in [0.2, 0.25) is 0 Å². The number of methoxy groups -OCH3 is 2. The molecule has 1 atom stereocenters. The molecule has 0 aliphatic carbocycles. The highest BCUT2D eigenvalue weighted by Crippen LogP contribution is 2.42. The third-order valence-electron chi connectivity index (χ3n) is 5.71. The summed E-state index contributed by atoms with van der Waals surface area (Å²) < 4.78 is 10.8. The monoisotopic (exact) mass is 420 g/mol. The molecule has 7 heteroatoms. The van der Waals surface area contributed by atoms with Crippen LogP contribution in [0.25, 0.3) is 10.9 Å². The van der Waals surface area contributed by atoms with E-state index in [2.05, 4.69) is 4.98 Å². The second kappa shape index (κ2) is 8.18. The Morgan fingerprint density at radius 1 is 1.16 bits per heavy atom. The Morgan fingerprint density at radius 2 is 1.94 bits per heavy atom. The maximum Gasteiger partial charge on any atom is 0.290 e. The molecule has 2 N–H and O–H groups in total. The number of ether oxygens (including phenoxy) is 2. The Morgan fingerprint density at radius 3 is 2.65 bits per heavy atom. The predicted molar refractivity (Wildman–Crippen MR) is 116 cm³/mol. The Labute approximate surface area is 179 Å². The molecule has 0 saturated carbocycles. The standard InChI is InChI=1S/C24H24N2O5/c1-14(27)21-22(18-12-16(30-2)8-9-20(18)31-3)26(24(29)23(21)28)11-10-15-13-25-19-7-5-4-6-17(15)19/h4-9,12-13,22,25,28H,10-11H2,1-3H3. The second-order valence-corrected chi connectivity index (χ2v) is 7.44. The first-order valence-electron chi connectivity index (χ1n) is 9.98. The number of aliphatic hydroxyl groups is 1. The van der Waals surface area contributed by atoms with E-state index in [9.17, 15) is 14.7 Å². The van der Waals surface area contributed by atoms with Crippen LogP contribution >= 0.6 is 0 Å². The zero-order valence-electron chi connectivity index (χ0n) is 17.6. The number of carbonyl (C=O) groups excluding carboxylic acids is 2. The van der Waals surface area contributed by atoms with E-state index in [0.717, 1.165) is 16.5 Å². The number of rotatable bonds is 7. The lowest BCUT2D eigenvalue weighted by Crippen LogP contribution is -2.33. The number of hydrogen-bond acceptors (Lipinski definition) is 5. The van der Waals surface area contributed by atoms with Crippen LogP contribution in [0.2, 0.25) is 0 Å². The van der Waals surface area contributed by atoms with Crippen molar-refractivity contribution in [2.24, 2.45) is 0 Å². The number of amides is 1. The summed E-state index contributed by atoms with van der Waals surface area (Å²) in [4.78, 5) is 30.1. The van der Waals surface area contributed by atoms with Gasteiger partial charge in [0.1, 0.15) is 11.5 Å². The number of nitrogens with one attached hydrogen (secondary N) is 1. The van der Waals surface area contributed by atoms with Gasteiger partial charge in [0.15, 0.2) is 11.5 Å². The Kier molecular flexibility index (Phi) is 5.42. The zero-order chi connectivity index (χ0) is 22.1. The third kappa shape index (κ3) is 3.52. The van der Waals surface area contributed by atoms with Gasteiger partial charge in [-0.05, 0) is 43.2 Å². The molecule has 1 unspecified atom stereocenters. The van der Waals surface area contributed by atoms with Crippen molar-refractivity contribution in [1.82, 2.24) is 9.88 Å². The second-order valence-electron chi connectivity index (χ2n) is 7.44. The molecule has 1 aliphatic rings. The first-order valence-corrected chi connectivity index (χ1v) is 9.98. The van der Waals surface area contributed by atoms with E-state index in [1.165, 1.54) is 18.9 Å². The van der Waals surface area contributed by atoms with Gasteiger partial charge >= 0.3 is 0 Å². The van der Waals surface area contributed by atoms with Gasteiger partial charge in [0, 0.05) is 29.2 Å². The maximum atomic E-state index is 13.0. The first kappa shape index (κ1) is 20.5. The van der Waals surface area contributed by atoms with Gasteiger partial charge in [-0.15, -0.1) is 0 Å². The maximum absolute atomic E-state index is 13.0. The largest absolute Gasteiger partial charge is 0.503 e. The van der Waals surface area contributed by atoms with Gasteiger partial charge in [0.05, 0.1) is 25.8 Å². The smallest absolute Gasteiger partial charge is 0.290 e. The molecule has 0 radical (unpaired) electrons. The number of nitrogens with zero attached hydrogens (tertiary/aromatic N) is 1. The highest BCUT2D eigenvalue weighted by Gasteiger charge is 2.43. The number of H-pyrrole nitrogens is 1. The van der Waals surface area contributed by atoms with Crippen LogP contribution in [-0.2, 0) is 16.0 Å². The molecule has 2 heterocycles. The van der Waals surface area contributed by atoms with Crippen molar-refractivity contribution >= 4 is 22.6 Å². The van der Waals surface area contributed by atoms with Crippen LogP contribution in [0.4, 0.5) is 0 Å². The molecular formula is C24H24N2O5. The molecule has 0 spiro atoms. The van der Waals surface area contributed by atoms with Crippen LogP contribution in [0, 0.1) is 0 Å². The predicted octanol–water partition coefficient (Wildman–Crippen LogP) is 3.71. The zero-order valence-corrected chi connectivity index (χ0v) is 17.6. The summed E-state index contributed by atoms with van der Waals surface area (Å²) in [5.74, 6) is -0.380. The van der Waals surface area contributed by atoms with Crippen molar-refractivity contribution in [3.8, 4) is 11.5 Å². The Balaban J connectivity index is 1.74. The van der Waals surface area contributed by atoms with E-state index in [1.807, 2.05) is 30.5 Å². The van der Waals surface area contributed by atoms with Crippen molar-refractivity contribution in [3.63, 3.8) is 0 Å². The Hall–Kier alpha value is -3.74. The number of aromatic amines is 1. The van der Waals surface area contributed by atoms with Gasteiger partial charge in [-0.25, -0.2) is 0 Å². The normalized spacial score (nSPS) is 16.3. The average Bonchev–Trinajstić information content (AvgIpc) is 3.30. The third-order valence-corrected chi connectivity index (χ3v) is 5.71. The van der Waals surface area contributed by atoms with Crippen LogP contribution in [0.15, 0.2) is 60.0 Å². The van der Waals surface area contributed by atoms with Gasteiger partial charge in [-0.3, -0.25) is 9.59 Å². The number of aromatic nitrogens is 1. The summed E-state index contributed by atoms with van der Waals surface area (Å²) in [6.07, 6.45) is 2.47. The first-order chi connectivity index (χ1) is 15.0. The molecule has 1 aromatic heterocycles. The lowest BCUT2D eigenvalue weighted by molar-refractivity contribution is -0.129. The number of hydrogen-bond donors (Lipinski definition) is 2. The summed E-state index contributed by atoms with van der Waals surface area (Å²) in [6.45, 7) is 1.66. The van der Waals surface area contributed by atoms with Crippen molar-refractivity contribution in [2.75, 3.05) is 20.8 Å². The SMILES string of the molecule is COc1ccc(OC)c(C2C(C(C)=O)=C(O)C(=O)N2CCc2c[nH]c3ccccc23)c1. The number of ketones is 1. The van der Waals surface area contributed by atoms with E-state index in [0.29, 0.717) is 30.0 Å². The minimum atomic E-state index is -0.764. The number of fused-ring (bicyclic) bond motifs is 1.